The molecule has 19 heavy (non-hydrogen) atoms. The van der Waals surface area contributed by atoms with E-state index in [0.717, 1.165) is 3.57 Å². The molecule has 0 fully saturated rings. The first-order chi connectivity index (χ1) is 9.02. The molecule has 1 aromatic rings. The first kappa shape index (κ1) is 15.7. The Hall–Kier alpha value is -1.31. The highest BCUT2D eigenvalue weighted by molar-refractivity contribution is 14.1. The molecule has 1 rings (SSSR count). The first-order valence-corrected chi connectivity index (χ1v) is 6.98. The minimum atomic E-state index is -0.912. The highest BCUT2D eigenvalue weighted by Crippen LogP contribution is 2.13. The van der Waals surface area contributed by atoms with Gasteiger partial charge in [-0.1, -0.05) is 0 Å². The predicted molar refractivity (Wildman–Crippen MR) is 79.2 cm³/mol. The molecule has 0 spiro atoms. The average molecular weight is 377 g/mol. The zero-order valence-electron chi connectivity index (χ0n) is 10.6. The second kappa shape index (κ2) is 7.98. The standard InChI is InChI=1S/C13H16INO4/c1-2-15(8-7-13(17)18)12(16)9-19-11-5-3-10(14)4-6-11/h3-6H,2,7-9H2,1H3,(H,17,18). The number of halogens is 1. The Labute approximate surface area is 125 Å². The fourth-order valence-corrected chi connectivity index (χ4v) is 1.82. The van der Waals surface area contributed by atoms with Crippen LogP contribution in [0.1, 0.15) is 13.3 Å². The van der Waals surface area contributed by atoms with Crippen molar-refractivity contribution in [2.45, 2.75) is 13.3 Å². The Morgan fingerprint density at radius 3 is 2.47 bits per heavy atom. The van der Waals surface area contributed by atoms with Gasteiger partial charge in [-0.3, -0.25) is 9.59 Å². The number of rotatable bonds is 7. The second-order valence-corrected chi connectivity index (χ2v) is 5.11. The first-order valence-electron chi connectivity index (χ1n) is 5.91. The number of carbonyl (C=O) groups is 2. The van der Waals surface area contributed by atoms with E-state index in [0.29, 0.717) is 12.3 Å². The van der Waals surface area contributed by atoms with Gasteiger partial charge in [-0.15, -0.1) is 0 Å². The Morgan fingerprint density at radius 2 is 1.95 bits per heavy atom. The van der Waals surface area contributed by atoms with Crippen molar-refractivity contribution in [3.05, 3.63) is 27.8 Å². The summed E-state index contributed by atoms with van der Waals surface area (Å²) >= 11 is 2.19. The molecule has 104 valence electrons. The lowest BCUT2D eigenvalue weighted by Crippen LogP contribution is -2.36. The van der Waals surface area contributed by atoms with Crippen LogP contribution in [0.4, 0.5) is 0 Å². The number of hydrogen-bond donors (Lipinski definition) is 1. The number of benzene rings is 1. The molecule has 0 aliphatic rings. The SMILES string of the molecule is CCN(CCC(=O)O)C(=O)COc1ccc(I)cc1. The van der Waals surface area contributed by atoms with Crippen molar-refractivity contribution in [3.63, 3.8) is 0 Å². The summed E-state index contributed by atoms with van der Waals surface area (Å²) in [7, 11) is 0. The van der Waals surface area contributed by atoms with Crippen molar-refractivity contribution in [1.29, 1.82) is 0 Å². The Balaban J connectivity index is 2.44. The number of carboxylic acids is 1. The lowest BCUT2D eigenvalue weighted by atomic mass is 10.3. The van der Waals surface area contributed by atoms with Gasteiger partial charge in [-0.25, -0.2) is 0 Å². The number of ether oxygens (including phenoxy) is 1. The van der Waals surface area contributed by atoms with Crippen molar-refractivity contribution in [1.82, 2.24) is 4.90 Å². The molecule has 0 saturated carbocycles. The maximum absolute atomic E-state index is 11.8. The van der Waals surface area contributed by atoms with Crippen LogP contribution in [-0.2, 0) is 9.59 Å². The fourth-order valence-electron chi connectivity index (χ4n) is 1.46. The molecule has 0 aliphatic heterocycles. The summed E-state index contributed by atoms with van der Waals surface area (Å²) in [5.74, 6) is -0.491. The van der Waals surface area contributed by atoms with Crippen molar-refractivity contribution < 1.29 is 19.4 Å². The maximum atomic E-state index is 11.8. The van der Waals surface area contributed by atoms with Gasteiger partial charge in [-0.05, 0) is 53.8 Å². The van der Waals surface area contributed by atoms with Gasteiger partial charge in [-0.2, -0.15) is 0 Å². The van der Waals surface area contributed by atoms with Crippen LogP contribution in [0.15, 0.2) is 24.3 Å². The van der Waals surface area contributed by atoms with Crippen LogP contribution in [0.3, 0.4) is 0 Å². The molecular formula is C13H16INO4. The lowest BCUT2D eigenvalue weighted by Gasteiger charge is -2.20. The number of hydrogen-bond acceptors (Lipinski definition) is 3. The van der Waals surface area contributed by atoms with Gasteiger partial charge < -0.3 is 14.7 Å². The van der Waals surface area contributed by atoms with E-state index in [2.05, 4.69) is 22.6 Å². The molecule has 1 N–H and O–H groups in total. The second-order valence-electron chi connectivity index (χ2n) is 3.86. The molecule has 1 aromatic carbocycles. The third-order valence-electron chi connectivity index (χ3n) is 2.51. The Morgan fingerprint density at radius 1 is 1.32 bits per heavy atom. The molecule has 0 bridgehead atoms. The summed E-state index contributed by atoms with van der Waals surface area (Å²) in [5, 5.41) is 8.60. The molecule has 0 heterocycles. The van der Waals surface area contributed by atoms with Crippen LogP contribution in [0, 0.1) is 3.57 Å². The van der Waals surface area contributed by atoms with Crippen LogP contribution >= 0.6 is 22.6 Å². The molecule has 0 aromatic heterocycles. The zero-order chi connectivity index (χ0) is 14.3. The molecule has 0 atom stereocenters. The maximum Gasteiger partial charge on any atom is 0.305 e. The number of amides is 1. The van der Waals surface area contributed by atoms with E-state index in [-0.39, 0.29) is 25.5 Å². The van der Waals surface area contributed by atoms with Gasteiger partial charge >= 0.3 is 5.97 Å². The Bertz CT molecular complexity index is 433. The largest absolute Gasteiger partial charge is 0.484 e. The molecule has 0 radical (unpaired) electrons. The molecule has 0 unspecified atom stereocenters. The smallest absolute Gasteiger partial charge is 0.305 e. The highest BCUT2D eigenvalue weighted by atomic mass is 127. The van der Waals surface area contributed by atoms with Crippen LogP contribution in [0.25, 0.3) is 0 Å². The Kier molecular flexibility index (Phi) is 6.61. The van der Waals surface area contributed by atoms with Crippen molar-refractivity contribution in [2.75, 3.05) is 19.7 Å². The number of likely N-dealkylation sites (N-methyl/N-ethyl adjacent to an activating group) is 1. The van der Waals surface area contributed by atoms with Crippen molar-refractivity contribution >= 4 is 34.5 Å². The fraction of sp³-hybridized carbons (Fsp3) is 0.385. The van der Waals surface area contributed by atoms with Gasteiger partial charge in [0.15, 0.2) is 6.61 Å². The summed E-state index contributed by atoms with van der Waals surface area (Å²) in [6.45, 7) is 2.42. The van der Waals surface area contributed by atoms with E-state index < -0.39 is 5.97 Å². The zero-order valence-corrected chi connectivity index (χ0v) is 12.8. The minimum Gasteiger partial charge on any atom is -0.484 e. The topological polar surface area (TPSA) is 66.8 Å². The van der Waals surface area contributed by atoms with Crippen LogP contribution < -0.4 is 4.74 Å². The van der Waals surface area contributed by atoms with Gasteiger partial charge in [0.05, 0.1) is 6.42 Å². The minimum absolute atomic E-state index is 0.0525. The quantitative estimate of drug-likeness (QED) is 0.739. The van der Waals surface area contributed by atoms with E-state index in [1.54, 1.807) is 12.1 Å². The molecule has 0 saturated heterocycles. The van der Waals surface area contributed by atoms with Crippen molar-refractivity contribution in [3.8, 4) is 5.75 Å². The number of nitrogens with zero attached hydrogens (tertiary/aromatic N) is 1. The van der Waals surface area contributed by atoms with Crippen LogP contribution in [-0.4, -0.2) is 41.6 Å². The summed E-state index contributed by atoms with van der Waals surface area (Å²) in [4.78, 5) is 23.8. The average Bonchev–Trinajstić information content (AvgIpc) is 2.38. The van der Waals surface area contributed by atoms with Crippen LogP contribution in [0.5, 0.6) is 5.75 Å². The molecule has 5 nitrogen and oxygen atoms in total. The van der Waals surface area contributed by atoms with Crippen molar-refractivity contribution in [2.24, 2.45) is 0 Å². The third kappa shape index (κ3) is 5.91. The molecular weight excluding hydrogens is 361 g/mol. The lowest BCUT2D eigenvalue weighted by molar-refractivity contribution is -0.139. The molecule has 1 amide bonds. The van der Waals surface area contributed by atoms with E-state index in [1.165, 1.54) is 4.90 Å². The molecule has 0 aliphatic carbocycles. The summed E-state index contributed by atoms with van der Waals surface area (Å²) in [6, 6.07) is 7.37. The summed E-state index contributed by atoms with van der Waals surface area (Å²) in [5.41, 5.74) is 0. The monoisotopic (exact) mass is 377 g/mol. The van der Waals surface area contributed by atoms with E-state index in [1.807, 2.05) is 19.1 Å². The van der Waals surface area contributed by atoms with Gasteiger partial charge in [0.1, 0.15) is 5.75 Å². The number of carbonyl (C=O) groups excluding carboxylic acids is 1. The highest BCUT2D eigenvalue weighted by Gasteiger charge is 2.13. The van der Waals surface area contributed by atoms with E-state index in [9.17, 15) is 9.59 Å². The predicted octanol–water partition coefficient (Wildman–Crippen LogP) is 1.99. The normalized spacial score (nSPS) is 10.0. The third-order valence-corrected chi connectivity index (χ3v) is 3.23. The summed E-state index contributed by atoms with van der Waals surface area (Å²) < 4.78 is 6.46. The molecule has 6 heteroatoms. The van der Waals surface area contributed by atoms with Gasteiger partial charge in [0, 0.05) is 16.7 Å². The number of aliphatic carboxylic acids is 1. The van der Waals surface area contributed by atoms with Gasteiger partial charge in [0.2, 0.25) is 0 Å². The van der Waals surface area contributed by atoms with Crippen LogP contribution in [0.2, 0.25) is 0 Å². The van der Waals surface area contributed by atoms with E-state index >= 15 is 0 Å². The van der Waals surface area contributed by atoms with Gasteiger partial charge in [0.25, 0.3) is 5.91 Å². The van der Waals surface area contributed by atoms with E-state index in [4.69, 9.17) is 9.84 Å². The number of carboxylic acid groups (broad SMARTS) is 1. The summed E-state index contributed by atoms with van der Waals surface area (Å²) in [6.07, 6.45) is -0.0525.